The number of aliphatic hydroxyl groups is 2. The van der Waals surface area contributed by atoms with E-state index in [9.17, 15) is 28.5 Å². The molecule has 0 aromatic carbocycles. The predicted octanol–water partition coefficient (Wildman–Crippen LogP) is -8.02. The predicted molar refractivity (Wildman–Crippen MR) is 105 cm³/mol. The minimum absolute atomic E-state index is 0. The molecule has 0 aliphatic heterocycles. The molecule has 0 unspecified atom stereocenters. The first-order valence-electron chi connectivity index (χ1n) is 7.20. The van der Waals surface area contributed by atoms with Gasteiger partial charge in [-0.15, -0.1) is 0 Å². The number of hydrogen-bond acceptors (Lipinski definition) is 8. The first kappa shape index (κ1) is 46.6. The van der Waals surface area contributed by atoms with Gasteiger partial charge < -0.3 is 77.3 Å². The van der Waals surface area contributed by atoms with Crippen LogP contribution in [0.4, 0.5) is 0 Å². The summed E-state index contributed by atoms with van der Waals surface area (Å²) in [5, 5.41) is 11.8. The third-order valence-corrected chi connectivity index (χ3v) is 11.1. The fraction of sp³-hybridized carbons (Fsp3) is 1.00. The zero-order valence-electron chi connectivity index (χ0n) is 16.8. The van der Waals surface area contributed by atoms with E-state index in [2.05, 4.69) is 0 Å². The summed E-state index contributed by atoms with van der Waals surface area (Å²) in [6.45, 7) is -0.0788. The van der Waals surface area contributed by atoms with Crippen LogP contribution in [0.15, 0.2) is 0 Å². The normalized spacial score (nSPS) is 12.6. The van der Waals surface area contributed by atoms with Crippen molar-refractivity contribution in [1.82, 2.24) is 0 Å². The number of hydrogen-bond donors (Lipinski definition) is 12. The minimum Gasteiger partial charge on any atom is -0.412 e. The topological polar surface area (TPSA) is 417 Å². The van der Waals surface area contributed by atoms with E-state index in [4.69, 9.17) is 50.6 Å². The molecule has 24 heteroatoms. The van der Waals surface area contributed by atoms with E-state index in [0.717, 1.165) is 0 Å². The Kier molecular flexibility index (Phi) is 24.6. The van der Waals surface area contributed by atoms with E-state index in [1.54, 1.807) is 0 Å². The Balaban J connectivity index is -0.0000000939. The molecule has 0 heterocycles. The summed E-state index contributed by atoms with van der Waals surface area (Å²) in [6.07, 6.45) is -1.71. The molecule has 0 aromatic heterocycles. The SMILES string of the molecule is NCCCC(O)(P(=O)(O)O)P(=O)(O)O.NCCCC(O)(P(=O)(O)O)P(=O)(O)O.O.O.O.[Na+]. The Morgan fingerprint density at radius 1 is 0.531 bits per heavy atom. The molecule has 0 atom stereocenters. The smallest absolute Gasteiger partial charge is 0.412 e. The van der Waals surface area contributed by atoms with Gasteiger partial charge in [0, 0.05) is 12.8 Å². The van der Waals surface area contributed by atoms with Crippen molar-refractivity contribution < 1.29 is 114 Å². The van der Waals surface area contributed by atoms with Gasteiger partial charge in [0.2, 0.25) is 0 Å². The van der Waals surface area contributed by atoms with Gasteiger partial charge >= 0.3 is 59.9 Å². The van der Waals surface area contributed by atoms with Gasteiger partial charge in [-0.1, -0.05) is 0 Å². The summed E-state index contributed by atoms with van der Waals surface area (Å²) in [4.78, 5) is 69.0. The molecule has 0 saturated heterocycles. The van der Waals surface area contributed by atoms with Gasteiger partial charge in [-0.05, 0) is 25.9 Å². The van der Waals surface area contributed by atoms with Gasteiger partial charge in [0.1, 0.15) is 0 Å². The zero-order valence-corrected chi connectivity index (χ0v) is 22.4. The van der Waals surface area contributed by atoms with Crippen LogP contribution in [-0.4, -0.2) is 89.0 Å². The van der Waals surface area contributed by atoms with Crippen molar-refractivity contribution in [3.8, 4) is 0 Å². The van der Waals surface area contributed by atoms with Gasteiger partial charge in [0.25, 0.3) is 10.2 Å². The summed E-state index contributed by atoms with van der Waals surface area (Å²) in [5.74, 6) is 0. The second-order valence-corrected chi connectivity index (χ2v) is 13.5. The maximum atomic E-state index is 10.7. The fourth-order valence-electron chi connectivity index (χ4n) is 1.60. The summed E-state index contributed by atoms with van der Waals surface area (Å²) in [7, 11) is -21.2. The van der Waals surface area contributed by atoms with Gasteiger partial charge in [-0.25, -0.2) is 0 Å². The third kappa shape index (κ3) is 12.9. The standard InChI is InChI=1S/2C4H13NO7P2.Na.3H2O/c2*5-3-1-2-4(6,13(7,8)9)14(10,11)12;;;;/h2*6H,1-3,5H2,(H2,7,8,9)(H2,10,11,12);;3*1H2/q;;+1;;;. The Morgan fingerprint density at radius 2 is 0.688 bits per heavy atom. The Bertz CT molecular complexity index is 582. The second-order valence-electron chi connectivity index (χ2n) is 5.51. The maximum absolute atomic E-state index is 10.7. The average Bonchev–Trinajstić information content (AvgIpc) is 2.46. The molecule has 0 radical (unpaired) electrons. The zero-order chi connectivity index (χ0) is 23.2. The molecule has 0 aromatic rings. The molecule has 0 spiro atoms. The van der Waals surface area contributed by atoms with Crippen LogP contribution in [-0.2, 0) is 18.3 Å². The van der Waals surface area contributed by atoms with Crippen molar-refractivity contribution in [2.75, 3.05) is 13.1 Å². The summed E-state index contributed by atoms with van der Waals surface area (Å²) < 4.78 is 42.9. The first-order valence-corrected chi connectivity index (χ1v) is 13.6. The van der Waals surface area contributed by atoms with Crippen LogP contribution in [0.1, 0.15) is 25.7 Å². The monoisotopic (exact) mass is 575 g/mol. The molecule has 32 heavy (non-hydrogen) atoms. The van der Waals surface area contributed by atoms with E-state index in [1.165, 1.54) is 0 Å². The first-order chi connectivity index (χ1) is 12.1. The van der Waals surface area contributed by atoms with Crippen LogP contribution < -0.4 is 41.0 Å². The molecule has 19 nitrogen and oxygen atoms in total. The molecule has 0 saturated carbocycles. The fourth-order valence-corrected chi connectivity index (χ4v) is 6.11. The Hall–Kier alpha value is 1.32. The van der Waals surface area contributed by atoms with E-state index >= 15 is 0 Å². The van der Waals surface area contributed by atoms with Crippen molar-refractivity contribution in [3.05, 3.63) is 0 Å². The molecule has 0 fully saturated rings. The number of nitrogens with two attached hydrogens (primary N) is 2. The molecular weight excluding hydrogens is 543 g/mol. The van der Waals surface area contributed by atoms with Gasteiger partial charge in [0.05, 0.1) is 0 Å². The molecule has 0 aliphatic carbocycles. The van der Waals surface area contributed by atoms with E-state index in [1.807, 2.05) is 0 Å². The van der Waals surface area contributed by atoms with Crippen LogP contribution in [0.5, 0.6) is 0 Å². The summed E-state index contributed by atoms with van der Waals surface area (Å²) >= 11 is 0. The van der Waals surface area contributed by atoms with Crippen LogP contribution in [0, 0.1) is 0 Å². The summed E-state index contributed by atoms with van der Waals surface area (Å²) in [6, 6.07) is 0. The quantitative estimate of drug-likeness (QED) is 0.0849. The summed E-state index contributed by atoms with van der Waals surface area (Å²) in [5.41, 5.74) is 10.0. The second kappa shape index (κ2) is 16.9. The van der Waals surface area contributed by atoms with Crippen molar-refractivity contribution >= 4 is 30.4 Å². The van der Waals surface area contributed by atoms with E-state index in [-0.39, 0.29) is 71.9 Å². The van der Waals surface area contributed by atoms with Crippen molar-refractivity contribution in [1.29, 1.82) is 0 Å². The molecular formula is C8H32N2NaO17P4+. The van der Waals surface area contributed by atoms with E-state index in [0.29, 0.717) is 0 Å². The maximum Gasteiger partial charge on any atom is 1.00 e. The molecule has 20 N–H and O–H groups in total. The molecule has 0 aliphatic rings. The van der Waals surface area contributed by atoms with Crippen LogP contribution in [0.3, 0.4) is 0 Å². The van der Waals surface area contributed by atoms with Crippen LogP contribution in [0.2, 0.25) is 0 Å². The van der Waals surface area contributed by atoms with Gasteiger partial charge in [-0.2, -0.15) is 0 Å². The van der Waals surface area contributed by atoms with Crippen molar-refractivity contribution in [2.24, 2.45) is 11.5 Å². The molecule has 0 bridgehead atoms. The molecule has 196 valence electrons. The average molecular weight is 575 g/mol. The van der Waals surface area contributed by atoms with E-state index < -0.39 is 53.4 Å². The van der Waals surface area contributed by atoms with Crippen LogP contribution in [0.25, 0.3) is 0 Å². The molecule has 0 rings (SSSR count). The van der Waals surface area contributed by atoms with Crippen LogP contribution >= 0.6 is 30.4 Å². The largest absolute Gasteiger partial charge is 1.00 e. The Labute approximate surface area is 204 Å². The molecule has 0 amide bonds. The number of rotatable bonds is 10. The van der Waals surface area contributed by atoms with Crippen molar-refractivity contribution in [2.45, 2.75) is 35.8 Å². The minimum atomic E-state index is -5.30. The Morgan fingerprint density at radius 3 is 0.781 bits per heavy atom. The van der Waals surface area contributed by atoms with Gasteiger partial charge in [-0.3, -0.25) is 18.3 Å². The van der Waals surface area contributed by atoms with Gasteiger partial charge in [0.15, 0.2) is 0 Å². The van der Waals surface area contributed by atoms with Crippen molar-refractivity contribution in [3.63, 3.8) is 0 Å². The third-order valence-electron chi connectivity index (χ3n) is 3.30.